The molecule has 3 heterocycles. The van der Waals surface area contributed by atoms with Crippen LogP contribution in [0.3, 0.4) is 0 Å². The van der Waals surface area contributed by atoms with E-state index in [2.05, 4.69) is 20.8 Å². The average Bonchev–Trinajstić information content (AvgIpc) is 3.75. The molecule has 11 unspecified atom stereocenters. The summed E-state index contributed by atoms with van der Waals surface area (Å²) >= 11 is 0. The molecule has 10 nitrogen and oxygen atoms in total. The average molecular weight is 665 g/mol. The molecular formula is C38H48O10. The molecule has 4 fully saturated rings. The van der Waals surface area contributed by atoms with Gasteiger partial charge < -0.3 is 28.1 Å². The fraction of sp³-hybridized carbons (Fsp3) is 0.632. The number of allylic oxidation sites excluding steroid dienone is 3. The molecule has 48 heavy (non-hydrogen) atoms. The van der Waals surface area contributed by atoms with Crippen molar-refractivity contribution in [3.8, 4) is 0 Å². The van der Waals surface area contributed by atoms with Crippen LogP contribution in [0.1, 0.15) is 93.1 Å². The summed E-state index contributed by atoms with van der Waals surface area (Å²) in [6.45, 7) is 16.8. The van der Waals surface area contributed by atoms with Crippen LogP contribution in [0.2, 0.25) is 0 Å². The summed E-state index contributed by atoms with van der Waals surface area (Å²) in [5.41, 5.74) is 1.21. The van der Waals surface area contributed by atoms with Crippen molar-refractivity contribution >= 4 is 23.9 Å². The maximum absolute atomic E-state index is 14.0. The van der Waals surface area contributed by atoms with Gasteiger partial charge in [-0.25, -0.2) is 9.59 Å². The van der Waals surface area contributed by atoms with E-state index in [1.54, 1.807) is 52.4 Å². The van der Waals surface area contributed by atoms with Gasteiger partial charge in [0.1, 0.15) is 24.4 Å². The molecule has 0 N–H and O–H groups in total. The number of hydrogen-bond acceptors (Lipinski definition) is 10. The van der Waals surface area contributed by atoms with Gasteiger partial charge in [-0.15, -0.1) is 0 Å². The van der Waals surface area contributed by atoms with Crippen molar-refractivity contribution in [2.45, 2.75) is 118 Å². The molecule has 2 aliphatic heterocycles. The van der Waals surface area contributed by atoms with Crippen molar-refractivity contribution < 1.29 is 47.3 Å². The van der Waals surface area contributed by atoms with Gasteiger partial charge in [0.25, 0.3) is 0 Å². The molecule has 6 rings (SSSR count). The summed E-state index contributed by atoms with van der Waals surface area (Å²) in [5.74, 6) is -2.78. The highest BCUT2D eigenvalue weighted by Gasteiger charge is 2.78. The van der Waals surface area contributed by atoms with Crippen LogP contribution in [0.15, 0.2) is 57.5 Å². The Hall–Kier alpha value is -3.66. The lowest BCUT2D eigenvalue weighted by atomic mass is 9.39. The predicted octanol–water partition coefficient (Wildman–Crippen LogP) is 6.15. The Morgan fingerprint density at radius 2 is 1.60 bits per heavy atom. The Morgan fingerprint density at radius 1 is 0.938 bits per heavy atom. The first-order valence-electron chi connectivity index (χ1n) is 17.0. The fourth-order valence-electron chi connectivity index (χ4n) is 10.3. The number of carbonyl (C=O) groups excluding carboxylic acids is 4. The number of carbonyl (C=O) groups is 4. The predicted molar refractivity (Wildman–Crippen MR) is 173 cm³/mol. The van der Waals surface area contributed by atoms with Gasteiger partial charge in [0.15, 0.2) is 0 Å². The maximum Gasteiger partial charge on any atom is 0.333 e. The first kappa shape index (κ1) is 34.2. The van der Waals surface area contributed by atoms with Gasteiger partial charge in [-0.2, -0.15) is 0 Å². The largest absolute Gasteiger partial charge is 0.472 e. The number of rotatable bonds is 6. The monoisotopic (exact) mass is 664 g/mol. The number of fused-ring (bicyclic) bond motifs is 4. The van der Waals surface area contributed by atoms with E-state index in [-0.39, 0.29) is 31.3 Å². The Labute approximate surface area is 282 Å². The molecule has 2 saturated carbocycles. The second-order valence-electron chi connectivity index (χ2n) is 15.1. The van der Waals surface area contributed by atoms with Crippen LogP contribution in [-0.2, 0) is 42.9 Å². The fourth-order valence-corrected chi connectivity index (χ4v) is 10.3. The zero-order valence-corrected chi connectivity index (χ0v) is 29.4. The van der Waals surface area contributed by atoms with E-state index in [0.717, 1.165) is 16.7 Å². The molecule has 5 aliphatic rings. The summed E-state index contributed by atoms with van der Waals surface area (Å²) in [4.78, 5) is 53.7. The van der Waals surface area contributed by atoms with E-state index in [0.29, 0.717) is 17.6 Å². The van der Waals surface area contributed by atoms with Gasteiger partial charge in [0.2, 0.25) is 0 Å². The third-order valence-corrected chi connectivity index (χ3v) is 12.7. The van der Waals surface area contributed by atoms with Crippen molar-refractivity contribution in [3.05, 3.63) is 58.6 Å². The SMILES string of the molecule is CC=C(C)C(=O)OC1C2OCC3(C)C(OC(C)=O)CC(OC(=O)C(C)=CC)C(C)(C23)C2CC(=O)OC3CC(c4ccoc4)C(C)=C3C12C. The van der Waals surface area contributed by atoms with Gasteiger partial charge in [0.05, 0.1) is 25.2 Å². The third kappa shape index (κ3) is 4.91. The minimum absolute atomic E-state index is 0.0154. The summed E-state index contributed by atoms with van der Waals surface area (Å²) in [6, 6.07) is 1.92. The minimum Gasteiger partial charge on any atom is -0.472 e. The second kappa shape index (κ2) is 12.0. The Balaban J connectivity index is 1.61. The lowest BCUT2D eigenvalue weighted by molar-refractivity contribution is -0.257. The van der Waals surface area contributed by atoms with E-state index in [9.17, 15) is 19.2 Å². The van der Waals surface area contributed by atoms with Crippen molar-refractivity contribution in [3.63, 3.8) is 0 Å². The lowest BCUT2D eigenvalue weighted by Gasteiger charge is -2.66. The molecule has 11 atom stereocenters. The molecule has 1 aromatic heterocycles. The van der Waals surface area contributed by atoms with Crippen LogP contribution in [0.25, 0.3) is 0 Å². The molecule has 1 aromatic rings. The van der Waals surface area contributed by atoms with Crippen LogP contribution in [0.5, 0.6) is 0 Å². The first-order chi connectivity index (χ1) is 22.6. The second-order valence-corrected chi connectivity index (χ2v) is 15.1. The van der Waals surface area contributed by atoms with Gasteiger partial charge in [-0.3, -0.25) is 9.59 Å². The highest BCUT2D eigenvalue weighted by atomic mass is 16.6. The van der Waals surface area contributed by atoms with Crippen molar-refractivity contribution in [1.29, 1.82) is 0 Å². The Bertz CT molecular complexity index is 1600. The number of esters is 4. The molecule has 0 amide bonds. The smallest absolute Gasteiger partial charge is 0.333 e. The number of hydrogen-bond donors (Lipinski definition) is 0. The van der Waals surface area contributed by atoms with Crippen molar-refractivity contribution in [2.75, 3.05) is 6.61 Å². The van der Waals surface area contributed by atoms with Crippen molar-refractivity contribution in [2.24, 2.45) is 28.1 Å². The van der Waals surface area contributed by atoms with E-state index in [1.807, 2.05) is 13.0 Å². The maximum atomic E-state index is 14.0. The zero-order valence-electron chi connectivity index (χ0n) is 29.4. The number of ether oxygens (including phenoxy) is 5. The topological polar surface area (TPSA) is 128 Å². The lowest BCUT2D eigenvalue weighted by Crippen LogP contribution is -2.72. The summed E-state index contributed by atoms with van der Waals surface area (Å²) < 4.78 is 37.5. The van der Waals surface area contributed by atoms with Crippen LogP contribution in [0.4, 0.5) is 0 Å². The molecule has 260 valence electrons. The number of furan rings is 1. The van der Waals surface area contributed by atoms with E-state index in [4.69, 9.17) is 28.1 Å². The van der Waals surface area contributed by atoms with Gasteiger partial charge in [-0.05, 0) is 64.2 Å². The highest BCUT2D eigenvalue weighted by Crippen LogP contribution is 2.72. The highest BCUT2D eigenvalue weighted by molar-refractivity contribution is 5.88. The Kier molecular flexibility index (Phi) is 8.58. The van der Waals surface area contributed by atoms with Crippen LogP contribution < -0.4 is 0 Å². The molecule has 3 aliphatic carbocycles. The molecular weight excluding hydrogens is 616 g/mol. The summed E-state index contributed by atoms with van der Waals surface area (Å²) in [6.07, 6.45) is 4.05. The normalized spacial score (nSPS) is 40.6. The summed E-state index contributed by atoms with van der Waals surface area (Å²) in [7, 11) is 0. The molecule has 0 spiro atoms. The van der Waals surface area contributed by atoms with Crippen molar-refractivity contribution in [1.82, 2.24) is 0 Å². The molecule has 10 heteroatoms. The standard InChI is InChI=1S/C38H48O10/c1-10-19(3)34(41)47-28-16-27(45-22(6)39)36(7)18-44-31-32(36)37(28,8)26-15-29(40)46-25-14-24(23-12-13-43-17-23)21(5)30(25)38(26,9)33(31)48-35(42)20(4)11-2/h10-13,17,24-28,31-33H,14-16,18H2,1-9H3. The van der Waals surface area contributed by atoms with E-state index in [1.165, 1.54) is 6.92 Å². The molecule has 2 saturated heterocycles. The van der Waals surface area contributed by atoms with Gasteiger partial charge in [0, 0.05) is 59.0 Å². The Morgan fingerprint density at radius 3 is 2.21 bits per heavy atom. The van der Waals surface area contributed by atoms with E-state index >= 15 is 0 Å². The third-order valence-electron chi connectivity index (χ3n) is 12.7. The minimum atomic E-state index is -0.973. The van der Waals surface area contributed by atoms with Crippen LogP contribution in [0, 0.1) is 28.1 Å². The van der Waals surface area contributed by atoms with Gasteiger partial charge in [-0.1, -0.05) is 38.5 Å². The quantitative estimate of drug-likeness (QED) is 0.151. The van der Waals surface area contributed by atoms with Crippen LogP contribution >= 0.6 is 0 Å². The molecule has 0 bridgehead atoms. The summed E-state index contributed by atoms with van der Waals surface area (Å²) in [5, 5.41) is 0. The van der Waals surface area contributed by atoms with Gasteiger partial charge >= 0.3 is 23.9 Å². The molecule has 0 radical (unpaired) electrons. The molecule has 0 aromatic carbocycles. The zero-order chi connectivity index (χ0) is 34.9. The van der Waals surface area contributed by atoms with E-state index < -0.39 is 76.5 Å². The first-order valence-corrected chi connectivity index (χ1v) is 17.0. The van der Waals surface area contributed by atoms with Crippen LogP contribution in [-0.4, -0.2) is 61.0 Å².